The maximum absolute atomic E-state index is 10.8. The molecule has 2 atom stereocenters. The fraction of sp³-hybridized carbons (Fsp3) is 0.400. The highest BCUT2D eigenvalue weighted by molar-refractivity contribution is 5.84. The largest absolute Gasteiger partial charge is 0.476 e. The zero-order valence-electron chi connectivity index (χ0n) is 11.5. The minimum absolute atomic E-state index is 0.0656. The smallest absolute Gasteiger partial charge is 0.356 e. The van der Waals surface area contributed by atoms with E-state index in [1.54, 1.807) is 4.57 Å². The van der Waals surface area contributed by atoms with E-state index >= 15 is 0 Å². The molecule has 1 N–H and O–H groups in total. The Morgan fingerprint density at radius 1 is 1.29 bits per heavy atom. The van der Waals surface area contributed by atoms with Crippen LogP contribution in [0.25, 0.3) is 0 Å². The fourth-order valence-electron chi connectivity index (χ4n) is 3.05. The number of aromatic carboxylic acids is 1. The third-order valence-electron chi connectivity index (χ3n) is 4.33. The maximum atomic E-state index is 10.8. The van der Waals surface area contributed by atoms with Crippen LogP contribution in [-0.2, 0) is 6.54 Å². The molecule has 6 nitrogen and oxygen atoms in total. The highest BCUT2D eigenvalue weighted by Gasteiger charge is 2.45. The number of rotatable bonds is 4. The van der Waals surface area contributed by atoms with Crippen molar-refractivity contribution in [2.24, 2.45) is 11.8 Å². The summed E-state index contributed by atoms with van der Waals surface area (Å²) in [5, 5.41) is 8.85. The van der Waals surface area contributed by atoms with Gasteiger partial charge >= 0.3 is 5.97 Å². The lowest BCUT2D eigenvalue weighted by molar-refractivity contribution is 0.0691. The van der Waals surface area contributed by atoms with E-state index in [-0.39, 0.29) is 5.69 Å². The average molecular weight is 284 g/mol. The third-order valence-corrected chi connectivity index (χ3v) is 4.33. The molecule has 1 saturated carbocycles. The first kappa shape index (κ1) is 12.4. The lowest BCUT2D eigenvalue weighted by Crippen LogP contribution is -2.22. The molecule has 3 heterocycles. The Morgan fingerprint density at radius 3 is 2.71 bits per heavy atom. The average Bonchev–Trinajstić information content (AvgIpc) is 2.90. The molecule has 0 amide bonds. The standard InChI is InChI=1S/C15H16N4O2/c20-15(21)13-8-18(9-17-13)5-10-1-2-14(16-4-10)19-6-11-3-12(11)7-19/h1-2,4,8-9,11-12H,3,5-7H2,(H,20,21). The van der Waals surface area contributed by atoms with Crippen molar-refractivity contribution in [2.75, 3.05) is 18.0 Å². The molecule has 2 unspecified atom stereocenters. The topological polar surface area (TPSA) is 71.2 Å². The van der Waals surface area contributed by atoms with Gasteiger partial charge in [0.2, 0.25) is 0 Å². The fourth-order valence-corrected chi connectivity index (χ4v) is 3.05. The van der Waals surface area contributed by atoms with Crippen molar-refractivity contribution in [1.82, 2.24) is 14.5 Å². The van der Waals surface area contributed by atoms with Crippen LogP contribution in [-0.4, -0.2) is 38.7 Å². The van der Waals surface area contributed by atoms with Crippen LogP contribution in [0.3, 0.4) is 0 Å². The lowest BCUT2D eigenvalue weighted by atomic mass is 10.2. The van der Waals surface area contributed by atoms with Gasteiger partial charge < -0.3 is 14.6 Å². The summed E-state index contributed by atoms with van der Waals surface area (Å²) < 4.78 is 1.76. The van der Waals surface area contributed by atoms with Crippen molar-refractivity contribution < 1.29 is 9.90 Å². The summed E-state index contributed by atoms with van der Waals surface area (Å²) in [5.74, 6) is 1.83. The summed E-state index contributed by atoms with van der Waals surface area (Å²) in [4.78, 5) is 21.5. The minimum Gasteiger partial charge on any atom is -0.476 e. The van der Waals surface area contributed by atoms with Crippen LogP contribution < -0.4 is 4.90 Å². The van der Waals surface area contributed by atoms with E-state index in [1.165, 1.54) is 18.9 Å². The Balaban J connectivity index is 1.44. The van der Waals surface area contributed by atoms with E-state index in [9.17, 15) is 4.79 Å². The molecule has 21 heavy (non-hydrogen) atoms. The SMILES string of the molecule is O=C(O)c1cn(Cc2ccc(N3CC4CC4C3)nc2)cn1. The van der Waals surface area contributed by atoms with E-state index < -0.39 is 5.97 Å². The number of aromatic nitrogens is 3. The molecule has 2 aromatic heterocycles. The lowest BCUT2D eigenvalue weighted by Gasteiger charge is -2.19. The highest BCUT2D eigenvalue weighted by Crippen LogP contribution is 2.45. The zero-order chi connectivity index (χ0) is 14.4. The van der Waals surface area contributed by atoms with Crippen molar-refractivity contribution in [3.63, 3.8) is 0 Å². The van der Waals surface area contributed by atoms with E-state index in [0.29, 0.717) is 6.54 Å². The number of imidazole rings is 1. The van der Waals surface area contributed by atoms with Crippen LogP contribution in [0.4, 0.5) is 5.82 Å². The molecule has 1 saturated heterocycles. The Bertz CT molecular complexity index is 669. The number of hydrogen-bond donors (Lipinski definition) is 1. The van der Waals surface area contributed by atoms with Crippen molar-refractivity contribution in [1.29, 1.82) is 0 Å². The van der Waals surface area contributed by atoms with Gasteiger partial charge in [-0.1, -0.05) is 6.07 Å². The summed E-state index contributed by atoms with van der Waals surface area (Å²) in [5.41, 5.74) is 1.10. The summed E-state index contributed by atoms with van der Waals surface area (Å²) in [6, 6.07) is 4.10. The van der Waals surface area contributed by atoms with Gasteiger partial charge in [-0.25, -0.2) is 14.8 Å². The number of nitrogens with zero attached hydrogens (tertiary/aromatic N) is 4. The number of carboxylic acid groups (broad SMARTS) is 1. The van der Waals surface area contributed by atoms with Crippen molar-refractivity contribution in [2.45, 2.75) is 13.0 Å². The second-order valence-corrected chi connectivity index (χ2v) is 5.92. The second kappa shape index (κ2) is 4.58. The molecule has 0 bridgehead atoms. The summed E-state index contributed by atoms with van der Waals surface area (Å²) in [7, 11) is 0. The van der Waals surface area contributed by atoms with Crippen LogP contribution in [0, 0.1) is 11.8 Å². The summed E-state index contributed by atoms with van der Waals surface area (Å²) in [6.45, 7) is 2.86. The van der Waals surface area contributed by atoms with Gasteiger partial charge in [-0.05, 0) is 29.9 Å². The molecule has 108 valence electrons. The number of hydrogen-bond acceptors (Lipinski definition) is 4. The molecule has 0 aromatic carbocycles. The number of carboxylic acids is 1. The predicted octanol–water partition coefficient (Wildman–Crippen LogP) is 1.48. The first-order valence-electron chi connectivity index (χ1n) is 7.14. The monoisotopic (exact) mass is 284 g/mol. The van der Waals surface area contributed by atoms with Crippen LogP contribution >= 0.6 is 0 Å². The van der Waals surface area contributed by atoms with Gasteiger partial charge in [0.25, 0.3) is 0 Å². The quantitative estimate of drug-likeness (QED) is 0.920. The van der Waals surface area contributed by atoms with E-state index in [4.69, 9.17) is 5.11 Å². The number of piperidine rings is 1. The normalized spacial score (nSPS) is 23.1. The number of anilines is 1. The van der Waals surface area contributed by atoms with Crippen molar-refractivity contribution >= 4 is 11.8 Å². The van der Waals surface area contributed by atoms with Gasteiger partial charge in [-0.2, -0.15) is 0 Å². The van der Waals surface area contributed by atoms with Crippen LogP contribution in [0.2, 0.25) is 0 Å². The Labute approximate surface area is 122 Å². The van der Waals surface area contributed by atoms with Gasteiger partial charge in [0.15, 0.2) is 5.69 Å². The van der Waals surface area contributed by atoms with Gasteiger partial charge in [0.1, 0.15) is 5.82 Å². The zero-order valence-corrected chi connectivity index (χ0v) is 11.5. The first-order chi connectivity index (χ1) is 10.2. The predicted molar refractivity (Wildman–Crippen MR) is 76.3 cm³/mol. The molecule has 4 rings (SSSR count). The molecule has 2 aliphatic rings. The van der Waals surface area contributed by atoms with E-state index in [1.807, 2.05) is 12.3 Å². The Morgan fingerprint density at radius 2 is 2.10 bits per heavy atom. The first-order valence-corrected chi connectivity index (χ1v) is 7.14. The number of fused-ring (bicyclic) bond motifs is 1. The van der Waals surface area contributed by atoms with Crippen LogP contribution in [0.1, 0.15) is 22.5 Å². The number of carbonyl (C=O) groups is 1. The molecule has 1 aliphatic carbocycles. The van der Waals surface area contributed by atoms with Crippen molar-refractivity contribution in [3.05, 3.63) is 42.1 Å². The summed E-state index contributed by atoms with van der Waals surface area (Å²) in [6.07, 6.45) is 6.32. The number of pyridine rings is 1. The molecule has 0 spiro atoms. The maximum Gasteiger partial charge on any atom is 0.356 e. The Kier molecular flexibility index (Phi) is 2.70. The second-order valence-electron chi connectivity index (χ2n) is 5.92. The molecule has 6 heteroatoms. The van der Waals surface area contributed by atoms with Crippen molar-refractivity contribution in [3.8, 4) is 0 Å². The minimum atomic E-state index is -1.00. The van der Waals surface area contributed by atoms with Gasteiger partial charge in [0, 0.05) is 25.5 Å². The van der Waals surface area contributed by atoms with Gasteiger partial charge in [-0.3, -0.25) is 0 Å². The molecular formula is C15H16N4O2. The molecule has 2 fully saturated rings. The molecule has 2 aromatic rings. The highest BCUT2D eigenvalue weighted by atomic mass is 16.4. The Hall–Kier alpha value is -2.37. The van der Waals surface area contributed by atoms with E-state index in [0.717, 1.165) is 36.3 Å². The summed E-state index contributed by atoms with van der Waals surface area (Å²) >= 11 is 0. The van der Waals surface area contributed by atoms with Gasteiger partial charge in [-0.15, -0.1) is 0 Å². The molecule has 0 radical (unpaired) electrons. The van der Waals surface area contributed by atoms with Crippen LogP contribution in [0.5, 0.6) is 0 Å². The third kappa shape index (κ3) is 2.37. The van der Waals surface area contributed by atoms with Gasteiger partial charge in [0.05, 0.1) is 12.9 Å². The molecular weight excluding hydrogens is 268 g/mol. The van der Waals surface area contributed by atoms with Crippen LogP contribution in [0.15, 0.2) is 30.9 Å². The van der Waals surface area contributed by atoms with E-state index in [2.05, 4.69) is 20.9 Å². The molecule has 1 aliphatic heterocycles.